The second-order valence-electron chi connectivity index (χ2n) is 4.05. The lowest BCUT2D eigenvalue weighted by Gasteiger charge is -2.04. The standard InChI is InChI=1S/C14H14N2O2S/c1-12-11-14(7-9-15-12)16-19(17,18)10-8-13-5-3-2-4-6-13/h2-11H,1H3,(H,15,16). The van der Waals surface area contributed by atoms with Crippen LogP contribution in [-0.2, 0) is 10.0 Å². The van der Waals surface area contributed by atoms with E-state index in [0.717, 1.165) is 16.7 Å². The number of pyridine rings is 1. The molecule has 4 nitrogen and oxygen atoms in total. The Morgan fingerprint density at radius 1 is 1.16 bits per heavy atom. The van der Waals surface area contributed by atoms with Crippen LogP contribution in [0.4, 0.5) is 5.69 Å². The Labute approximate surface area is 112 Å². The summed E-state index contributed by atoms with van der Waals surface area (Å²) >= 11 is 0. The van der Waals surface area contributed by atoms with Crippen LogP contribution >= 0.6 is 0 Å². The molecule has 5 heteroatoms. The molecule has 0 radical (unpaired) electrons. The molecule has 0 aliphatic rings. The van der Waals surface area contributed by atoms with Gasteiger partial charge in [-0.3, -0.25) is 9.71 Å². The van der Waals surface area contributed by atoms with Crippen LogP contribution in [0, 0.1) is 6.92 Å². The minimum absolute atomic E-state index is 0.505. The number of nitrogens with one attached hydrogen (secondary N) is 1. The molecule has 0 saturated carbocycles. The zero-order valence-electron chi connectivity index (χ0n) is 10.4. The van der Waals surface area contributed by atoms with Gasteiger partial charge in [-0.05, 0) is 30.7 Å². The van der Waals surface area contributed by atoms with Crippen LogP contribution in [0.25, 0.3) is 6.08 Å². The molecule has 1 N–H and O–H groups in total. The van der Waals surface area contributed by atoms with Crippen molar-refractivity contribution in [1.82, 2.24) is 4.98 Å². The van der Waals surface area contributed by atoms with Gasteiger partial charge in [0.25, 0.3) is 10.0 Å². The summed E-state index contributed by atoms with van der Waals surface area (Å²) in [6.45, 7) is 1.80. The van der Waals surface area contributed by atoms with Crippen molar-refractivity contribution in [3.05, 3.63) is 65.3 Å². The lowest BCUT2D eigenvalue weighted by Crippen LogP contribution is -2.09. The maximum Gasteiger partial charge on any atom is 0.255 e. The molecule has 0 amide bonds. The summed E-state index contributed by atoms with van der Waals surface area (Å²) in [5.41, 5.74) is 2.09. The quantitative estimate of drug-likeness (QED) is 0.932. The average molecular weight is 274 g/mol. The Bertz CT molecular complexity index is 680. The number of aryl methyl sites for hydroxylation is 1. The van der Waals surface area contributed by atoms with Crippen molar-refractivity contribution in [2.24, 2.45) is 0 Å². The molecule has 1 heterocycles. The summed E-state index contributed by atoms with van der Waals surface area (Å²) in [7, 11) is -3.51. The predicted molar refractivity (Wildman–Crippen MR) is 77.0 cm³/mol. The minimum Gasteiger partial charge on any atom is -0.280 e. The van der Waals surface area contributed by atoms with Crippen molar-refractivity contribution >= 4 is 21.8 Å². The fraction of sp³-hybridized carbons (Fsp3) is 0.0714. The predicted octanol–water partition coefficient (Wildman–Crippen LogP) is 2.80. The van der Waals surface area contributed by atoms with Gasteiger partial charge in [-0.15, -0.1) is 0 Å². The Morgan fingerprint density at radius 2 is 1.89 bits per heavy atom. The molecule has 0 aliphatic carbocycles. The third-order valence-electron chi connectivity index (χ3n) is 2.40. The Balaban J connectivity index is 2.13. The summed E-state index contributed by atoms with van der Waals surface area (Å²) in [6, 6.07) is 12.5. The van der Waals surface area contributed by atoms with Gasteiger partial charge >= 0.3 is 0 Å². The molecule has 0 saturated heterocycles. The van der Waals surface area contributed by atoms with E-state index < -0.39 is 10.0 Å². The van der Waals surface area contributed by atoms with E-state index in [1.165, 1.54) is 0 Å². The van der Waals surface area contributed by atoms with E-state index in [0.29, 0.717) is 5.69 Å². The van der Waals surface area contributed by atoms with Gasteiger partial charge in [0.15, 0.2) is 0 Å². The van der Waals surface area contributed by atoms with Crippen LogP contribution in [0.5, 0.6) is 0 Å². The monoisotopic (exact) mass is 274 g/mol. The van der Waals surface area contributed by atoms with Crippen LogP contribution in [0.1, 0.15) is 11.3 Å². The SMILES string of the molecule is Cc1cc(NS(=O)(=O)C=Cc2ccccc2)ccn1. The molecule has 2 aromatic rings. The van der Waals surface area contributed by atoms with E-state index in [1.54, 1.807) is 31.3 Å². The number of benzene rings is 1. The van der Waals surface area contributed by atoms with Gasteiger partial charge in [0.05, 0.1) is 11.1 Å². The molecule has 0 unspecified atom stereocenters. The van der Waals surface area contributed by atoms with Crippen molar-refractivity contribution < 1.29 is 8.42 Å². The van der Waals surface area contributed by atoms with Gasteiger partial charge < -0.3 is 0 Å². The number of aromatic nitrogens is 1. The molecular formula is C14H14N2O2S. The third-order valence-corrected chi connectivity index (χ3v) is 3.41. The van der Waals surface area contributed by atoms with E-state index >= 15 is 0 Å². The molecule has 1 aromatic carbocycles. The van der Waals surface area contributed by atoms with E-state index in [2.05, 4.69) is 9.71 Å². The summed E-state index contributed by atoms with van der Waals surface area (Å²) in [5, 5.41) is 1.15. The first-order chi connectivity index (χ1) is 9.05. The maximum absolute atomic E-state index is 11.9. The average Bonchev–Trinajstić information content (AvgIpc) is 2.37. The van der Waals surface area contributed by atoms with Gasteiger partial charge in [0.2, 0.25) is 0 Å². The second kappa shape index (κ2) is 5.67. The molecule has 19 heavy (non-hydrogen) atoms. The smallest absolute Gasteiger partial charge is 0.255 e. The van der Waals surface area contributed by atoms with Crippen LogP contribution in [0.15, 0.2) is 54.1 Å². The van der Waals surface area contributed by atoms with E-state index in [1.807, 2.05) is 30.3 Å². The van der Waals surface area contributed by atoms with Crippen LogP contribution in [-0.4, -0.2) is 13.4 Å². The Hall–Kier alpha value is -2.14. The van der Waals surface area contributed by atoms with Crippen molar-refractivity contribution in [3.63, 3.8) is 0 Å². The third kappa shape index (κ3) is 4.22. The molecule has 98 valence electrons. The van der Waals surface area contributed by atoms with Crippen molar-refractivity contribution in [3.8, 4) is 0 Å². The number of rotatable bonds is 4. The highest BCUT2D eigenvalue weighted by atomic mass is 32.2. The lowest BCUT2D eigenvalue weighted by atomic mass is 10.2. The Kier molecular flexibility index (Phi) is 3.97. The summed E-state index contributed by atoms with van der Waals surface area (Å²) in [4.78, 5) is 4.01. The minimum atomic E-state index is -3.51. The molecule has 0 spiro atoms. The number of nitrogens with zero attached hydrogens (tertiary/aromatic N) is 1. The summed E-state index contributed by atoms with van der Waals surface area (Å²) in [6.07, 6.45) is 3.12. The highest BCUT2D eigenvalue weighted by Gasteiger charge is 2.05. The molecule has 0 fully saturated rings. The number of hydrogen-bond acceptors (Lipinski definition) is 3. The van der Waals surface area contributed by atoms with E-state index in [9.17, 15) is 8.42 Å². The Morgan fingerprint density at radius 3 is 2.58 bits per heavy atom. The van der Waals surface area contributed by atoms with E-state index in [-0.39, 0.29) is 0 Å². The number of hydrogen-bond donors (Lipinski definition) is 1. The van der Waals surface area contributed by atoms with Crippen LogP contribution < -0.4 is 4.72 Å². The summed E-state index contributed by atoms with van der Waals surface area (Å²) < 4.78 is 26.2. The molecule has 0 aliphatic heterocycles. The van der Waals surface area contributed by atoms with Crippen LogP contribution in [0.2, 0.25) is 0 Å². The largest absolute Gasteiger partial charge is 0.280 e. The molecule has 0 bridgehead atoms. The van der Waals surface area contributed by atoms with Gasteiger partial charge in [0.1, 0.15) is 0 Å². The van der Waals surface area contributed by atoms with Crippen molar-refractivity contribution in [2.45, 2.75) is 6.92 Å². The highest BCUT2D eigenvalue weighted by molar-refractivity contribution is 7.95. The van der Waals surface area contributed by atoms with Gasteiger partial charge in [0, 0.05) is 11.9 Å². The highest BCUT2D eigenvalue weighted by Crippen LogP contribution is 2.11. The fourth-order valence-corrected chi connectivity index (χ4v) is 2.40. The molecule has 0 atom stereocenters. The lowest BCUT2D eigenvalue weighted by molar-refractivity contribution is 0.609. The van der Waals surface area contributed by atoms with Gasteiger partial charge in [-0.25, -0.2) is 8.42 Å². The first kappa shape index (κ1) is 13.3. The maximum atomic E-state index is 11.9. The number of anilines is 1. The molecular weight excluding hydrogens is 260 g/mol. The topological polar surface area (TPSA) is 59.1 Å². The van der Waals surface area contributed by atoms with E-state index in [4.69, 9.17) is 0 Å². The van der Waals surface area contributed by atoms with Crippen molar-refractivity contribution in [1.29, 1.82) is 0 Å². The zero-order chi connectivity index (χ0) is 13.7. The first-order valence-corrected chi connectivity index (χ1v) is 7.28. The molecule has 1 aromatic heterocycles. The second-order valence-corrected chi connectivity index (χ2v) is 5.61. The fourth-order valence-electron chi connectivity index (χ4n) is 1.54. The first-order valence-electron chi connectivity index (χ1n) is 5.74. The number of sulfonamides is 1. The molecule has 2 rings (SSSR count). The summed E-state index contributed by atoms with van der Waals surface area (Å²) in [5.74, 6) is 0. The zero-order valence-corrected chi connectivity index (χ0v) is 11.3. The van der Waals surface area contributed by atoms with Crippen molar-refractivity contribution in [2.75, 3.05) is 4.72 Å². The van der Waals surface area contributed by atoms with Crippen LogP contribution in [0.3, 0.4) is 0 Å². The normalized spacial score (nSPS) is 11.6. The van der Waals surface area contributed by atoms with Gasteiger partial charge in [-0.1, -0.05) is 30.3 Å². The van der Waals surface area contributed by atoms with Gasteiger partial charge in [-0.2, -0.15) is 0 Å².